The Labute approximate surface area is 201 Å². The molecule has 0 bridgehead atoms. The molecule has 9 heteroatoms. The molecule has 1 N–H and O–H groups in total. The molecule has 6 nitrogen and oxygen atoms in total. The summed E-state index contributed by atoms with van der Waals surface area (Å²) in [6, 6.07) is 21.0. The highest BCUT2D eigenvalue weighted by atomic mass is 79.9. The number of halogens is 1. The third-order valence-corrected chi connectivity index (χ3v) is 7.99. The van der Waals surface area contributed by atoms with Crippen molar-refractivity contribution in [3.05, 3.63) is 77.3 Å². The summed E-state index contributed by atoms with van der Waals surface area (Å²) in [5, 5.41) is 2.78. The second-order valence-electron chi connectivity index (χ2n) is 6.66. The molecule has 0 aromatic heterocycles. The van der Waals surface area contributed by atoms with Crippen LogP contribution in [0.2, 0.25) is 0 Å². The summed E-state index contributed by atoms with van der Waals surface area (Å²) < 4.78 is 34.2. The second kappa shape index (κ2) is 10.9. The molecule has 32 heavy (non-hydrogen) atoms. The van der Waals surface area contributed by atoms with Gasteiger partial charge in [0.25, 0.3) is 10.0 Å². The molecule has 0 spiro atoms. The number of anilines is 2. The van der Waals surface area contributed by atoms with E-state index in [2.05, 4.69) is 21.2 Å². The number of para-hydroxylation sites is 1. The van der Waals surface area contributed by atoms with Gasteiger partial charge in [0.05, 0.1) is 29.1 Å². The Morgan fingerprint density at radius 2 is 1.75 bits per heavy atom. The van der Waals surface area contributed by atoms with Crippen LogP contribution in [0.4, 0.5) is 11.4 Å². The van der Waals surface area contributed by atoms with Gasteiger partial charge in [-0.25, -0.2) is 8.42 Å². The molecule has 0 aliphatic carbocycles. The molecule has 0 saturated heterocycles. The fraction of sp³-hybridized carbons (Fsp3) is 0.174. The molecule has 0 aliphatic heterocycles. The Kier molecular flexibility index (Phi) is 8.22. The first kappa shape index (κ1) is 24.2. The molecule has 0 saturated carbocycles. The predicted octanol–water partition coefficient (Wildman–Crippen LogP) is 5.40. The number of nitrogens with one attached hydrogen (secondary N) is 1. The summed E-state index contributed by atoms with van der Waals surface area (Å²) in [4.78, 5) is 13.6. The van der Waals surface area contributed by atoms with E-state index >= 15 is 0 Å². The van der Waals surface area contributed by atoms with Crippen LogP contribution in [0, 0.1) is 0 Å². The number of rotatable bonds is 9. The van der Waals surface area contributed by atoms with Gasteiger partial charge in [0, 0.05) is 15.9 Å². The highest BCUT2D eigenvalue weighted by molar-refractivity contribution is 9.10. The smallest absolute Gasteiger partial charge is 0.264 e. The summed E-state index contributed by atoms with van der Waals surface area (Å²) in [5.74, 6) is 0.294. The molecule has 0 aliphatic rings. The van der Waals surface area contributed by atoms with E-state index in [0.29, 0.717) is 17.1 Å². The van der Waals surface area contributed by atoms with Crippen LogP contribution in [0.3, 0.4) is 0 Å². The number of methoxy groups -OCH3 is 1. The molecule has 0 heterocycles. The molecule has 3 aromatic rings. The summed E-state index contributed by atoms with van der Waals surface area (Å²) >= 11 is 4.77. The van der Waals surface area contributed by atoms with Gasteiger partial charge in [0.1, 0.15) is 5.75 Å². The molecule has 0 unspecified atom stereocenters. The van der Waals surface area contributed by atoms with Crippen molar-refractivity contribution < 1.29 is 17.9 Å². The summed E-state index contributed by atoms with van der Waals surface area (Å²) in [5.41, 5.74) is 0.876. The van der Waals surface area contributed by atoms with E-state index < -0.39 is 10.0 Å². The van der Waals surface area contributed by atoms with Crippen LogP contribution >= 0.6 is 27.7 Å². The van der Waals surface area contributed by atoms with E-state index in [1.807, 2.05) is 30.3 Å². The van der Waals surface area contributed by atoms with Gasteiger partial charge in [-0.3, -0.25) is 9.10 Å². The van der Waals surface area contributed by atoms with E-state index in [0.717, 1.165) is 9.37 Å². The van der Waals surface area contributed by atoms with Gasteiger partial charge in [-0.1, -0.05) is 34.1 Å². The third-order valence-electron chi connectivity index (χ3n) is 4.55. The summed E-state index contributed by atoms with van der Waals surface area (Å²) in [6.07, 6.45) is 0. The van der Waals surface area contributed by atoms with Gasteiger partial charge in [0.2, 0.25) is 5.91 Å². The number of carbonyl (C=O) groups excluding carboxylic acids is 1. The summed E-state index contributed by atoms with van der Waals surface area (Å²) in [7, 11) is -2.36. The fourth-order valence-corrected chi connectivity index (χ4v) is 5.49. The van der Waals surface area contributed by atoms with E-state index in [9.17, 15) is 13.2 Å². The monoisotopic (exact) mass is 534 g/mol. The highest BCUT2D eigenvalue weighted by Gasteiger charge is 2.25. The Morgan fingerprint density at radius 1 is 1.06 bits per heavy atom. The Hall–Kier alpha value is -2.49. The lowest BCUT2D eigenvalue weighted by molar-refractivity contribution is -0.113. The predicted molar refractivity (Wildman–Crippen MR) is 133 cm³/mol. The van der Waals surface area contributed by atoms with Crippen LogP contribution in [-0.2, 0) is 14.8 Å². The van der Waals surface area contributed by atoms with Crippen LogP contribution in [0.25, 0.3) is 0 Å². The molecule has 0 atom stereocenters. The normalized spacial score (nSPS) is 11.1. The number of amides is 1. The van der Waals surface area contributed by atoms with Crippen molar-refractivity contribution in [1.29, 1.82) is 0 Å². The fourth-order valence-electron chi connectivity index (χ4n) is 3.02. The van der Waals surface area contributed by atoms with E-state index in [-0.39, 0.29) is 23.1 Å². The average molecular weight is 535 g/mol. The van der Waals surface area contributed by atoms with Crippen molar-refractivity contribution in [2.24, 2.45) is 0 Å². The van der Waals surface area contributed by atoms with Crippen LogP contribution in [0.1, 0.15) is 6.92 Å². The van der Waals surface area contributed by atoms with E-state index in [4.69, 9.17) is 4.74 Å². The molecule has 0 fully saturated rings. The topological polar surface area (TPSA) is 75.7 Å². The number of hydrogen-bond acceptors (Lipinski definition) is 5. The lowest BCUT2D eigenvalue weighted by Crippen LogP contribution is -2.30. The van der Waals surface area contributed by atoms with Crippen molar-refractivity contribution in [2.75, 3.05) is 29.0 Å². The first-order chi connectivity index (χ1) is 15.3. The first-order valence-corrected chi connectivity index (χ1v) is 13.0. The Balaban J connectivity index is 1.81. The van der Waals surface area contributed by atoms with Crippen molar-refractivity contribution >= 4 is 55.0 Å². The SMILES string of the molecule is CCN(c1ccccc1)S(=O)(=O)c1ccc(OC)c(NC(=O)CSc2ccc(Br)cc2)c1. The minimum absolute atomic E-state index is 0.0693. The number of benzene rings is 3. The zero-order valence-electron chi connectivity index (χ0n) is 17.6. The quantitative estimate of drug-likeness (QED) is 0.371. The number of thioether (sulfide) groups is 1. The Morgan fingerprint density at radius 3 is 2.38 bits per heavy atom. The molecule has 3 rings (SSSR count). The van der Waals surface area contributed by atoms with Gasteiger partial charge in [-0.15, -0.1) is 11.8 Å². The van der Waals surface area contributed by atoms with Gasteiger partial charge in [-0.05, 0) is 61.5 Å². The highest BCUT2D eigenvalue weighted by Crippen LogP contribution is 2.31. The minimum Gasteiger partial charge on any atom is -0.495 e. The van der Waals surface area contributed by atoms with Gasteiger partial charge < -0.3 is 10.1 Å². The molecule has 0 radical (unpaired) electrons. The number of nitrogens with zero attached hydrogens (tertiary/aromatic N) is 1. The van der Waals surface area contributed by atoms with Crippen molar-refractivity contribution in [2.45, 2.75) is 16.7 Å². The number of ether oxygens (including phenoxy) is 1. The van der Waals surface area contributed by atoms with Gasteiger partial charge in [0.15, 0.2) is 0 Å². The number of hydrogen-bond donors (Lipinski definition) is 1. The largest absolute Gasteiger partial charge is 0.495 e. The Bertz CT molecular complexity index is 1170. The van der Waals surface area contributed by atoms with Crippen LogP contribution in [0.5, 0.6) is 5.75 Å². The van der Waals surface area contributed by atoms with Crippen molar-refractivity contribution in [3.8, 4) is 5.75 Å². The van der Waals surface area contributed by atoms with Gasteiger partial charge >= 0.3 is 0 Å². The summed E-state index contributed by atoms with van der Waals surface area (Å²) in [6.45, 7) is 2.04. The molecule has 168 valence electrons. The standard InChI is InChI=1S/C23H23BrN2O4S2/c1-3-26(18-7-5-4-6-8-18)32(28,29)20-13-14-22(30-2)21(15-20)25-23(27)16-31-19-11-9-17(24)10-12-19/h4-15H,3,16H2,1-2H3,(H,25,27). The zero-order chi connectivity index (χ0) is 23.1. The minimum atomic E-state index is -3.83. The van der Waals surface area contributed by atoms with Crippen molar-refractivity contribution in [1.82, 2.24) is 0 Å². The maximum atomic E-state index is 13.3. The number of carbonyl (C=O) groups is 1. The second-order valence-corrected chi connectivity index (χ2v) is 10.5. The molecule has 1 amide bonds. The third kappa shape index (κ3) is 5.85. The van der Waals surface area contributed by atoms with Crippen LogP contribution < -0.4 is 14.4 Å². The number of sulfonamides is 1. The van der Waals surface area contributed by atoms with E-state index in [1.165, 1.54) is 35.3 Å². The maximum Gasteiger partial charge on any atom is 0.264 e. The van der Waals surface area contributed by atoms with Gasteiger partial charge in [-0.2, -0.15) is 0 Å². The van der Waals surface area contributed by atoms with Crippen LogP contribution in [0.15, 0.2) is 87.1 Å². The maximum absolute atomic E-state index is 13.3. The molecule has 3 aromatic carbocycles. The molecular weight excluding hydrogens is 512 g/mol. The zero-order valence-corrected chi connectivity index (χ0v) is 20.8. The lowest BCUT2D eigenvalue weighted by Gasteiger charge is -2.23. The van der Waals surface area contributed by atoms with E-state index in [1.54, 1.807) is 37.3 Å². The lowest BCUT2D eigenvalue weighted by atomic mass is 10.3. The average Bonchev–Trinajstić information content (AvgIpc) is 2.79. The van der Waals surface area contributed by atoms with Crippen molar-refractivity contribution in [3.63, 3.8) is 0 Å². The molecular formula is C23H23BrN2O4S2. The van der Waals surface area contributed by atoms with Crippen LogP contribution in [-0.4, -0.2) is 33.7 Å². The first-order valence-electron chi connectivity index (χ1n) is 9.79.